The summed E-state index contributed by atoms with van der Waals surface area (Å²) in [6.45, 7) is 2.04. The third kappa shape index (κ3) is 3.83. The Kier molecular flexibility index (Phi) is 5.07. The minimum Gasteiger partial charge on any atom is -0.286 e. The zero-order valence-electron chi connectivity index (χ0n) is 13.0. The highest BCUT2D eigenvalue weighted by atomic mass is 32.2. The van der Waals surface area contributed by atoms with Gasteiger partial charge in [0.05, 0.1) is 9.80 Å². The molecule has 1 aliphatic heterocycles. The quantitative estimate of drug-likeness (QED) is 0.741. The normalized spacial score (nSPS) is 18.5. The lowest BCUT2D eigenvalue weighted by molar-refractivity contribution is -0.122. The zero-order valence-corrected chi connectivity index (χ0v) is 15.5. The van der Waals surface area contributed by atoms with Crippen molar-refractivity contribution >= 4 is 50.3 Å². The van der Waals surface area contributed by atoms with Crippen molar-refractivity contribution in [3.05, 3.63) is 57.4 Å². The molecule has 1 amide bonds. The number of amides is 1. The van der Waals surface area contributed by atoms with Crippen molar-refractivity contribution in [2.45, 2.75) is 11.8 Å². The molecule has 1 aromatic carbocycles. The first kappa shape index (κ1) is 17.8. The van der Waals surface area contributed by atoms with Crippen LogP contribution >= 0.6 is 23.1 Å². The average Bonchev–Trinajstić information content (AvgIpc) is 3.17. The predicted molar refractivity (Wildman–Crippen MR) is 98.3 cm³/mol. The Morgan fingerprint density at radius 1 is 1.24 bits per heavy atom. The largest absolute Gasteiger partial charge is 0.286 e. The number of likely N-dealkylation sites (N-methyl/N-ethyl adjacent to an activating group) is 1. The summed E-state index contributed by atoms with van der Waals surface area (Å²) in [6.07, 6.45) is 1.72. The van der Waals surface area contributed by atoms with Gasteiger partial charge >= 0.3 is 0 Å². The van der Waals surface area contributed by atoms with E-state index in [-0.39, 0.29) is 16.0 Å². The average molecular weight is 396 g/mol. The van der Waals surface area contributed by atoms with Gasteiger partial charge in [0.1, 0.15) is 5.82 Å². The van der Waals surface area contributed by atoms with Crippen LogP contribution in [0.4, 0.5) is 4.39 Å². The summed E-state index contributed by atoms with van der Waals surface area (Å²) < 4.78 is 41.6. The van der Waals surface area contributed by atoms with E-state index in [0.717, 1.165) is 40.9 Å². The highest BCUT2D eigenvalue weighted by Gasteiger charge is 2.34. The molecule has 9 heteroatoms. The molecular weight excluding hydrogens is 383 g/mol. The molecule has 25 heavy (non-hydrogen) atoms. The monoisotopic (exact) mass is 396 g/mol. The Labute approximate surface area is 152 Å². The molecule has 0 spiro atoms. The van der Waals surface area contributed by atoms with Gasteiger partial charge in [-0.1, -0.05) is 6.07 Å². The molecular formula is C16H13FN2O3S3. The first-order valence-corrected chi connectivity index (χ1v) is 10.4. The van der Waals surface area contributed by atoms with Gasteiger partial charge in [-0.3, -0.25) is 9.69 Å². The van der Waals surface area contributed by atoms with E-state index in [9.17, 15) is 17.6 Å². The van der Waals surface area contributed by atoms with Crippen LogP contribution in [0.2, 0.25) is 0 Å². The first-order valence-electron chi connectivity index (χ1n) is 7.26. The second-order valence-electron chi connectivity index (χ2n) is 4.98. The van der Waals surface area contributed by atoms with E-state index in [1.165, 1.54) is 16.2 Å². The number of benzene rings is 1. The summed E-state index contributed by atoms with van der Waals surface area (Å²) in [5.74, 6) is -0.817. The molecule has 5 nitrogen and oxygen atoms in total. The van der Waals surface area contributed by atoms with Crippen LogP contribution in [0.25, 0.3) is 6.08 Å². The van der Waals surface area contributed by atoms with Crippen molar-refractivity contribution in [3.8, 4) is 0 Å². The number of rotatable bonds is 4. The standard InChI is InChI=1S/C16H13FN2O3S3/c1-2-19-15(20)14(10-12-4-3-9-23-12)24-16(19)18-25(21,22)13-7-5-11(17)6-8-13/h3-10H,2H2,1H3/b14-10-,18-16+. The Bertz CT molecular complexity index is 949. The van der Waals surface area contributed by atoms with Crippen molar-refractivity contribution in [1.29, 1.82) is 0 Å². The van der Waals surface area contributed by atoms with Gasteiger partial charge in [0.15, 0.2) is 5.17 Å². The number of nitrogens with zero attached hydrogens (tertiary/aromatic N) is 2. The smallest absolute Gasteiger partial charge is 0.284 e. The van der Waals surface area contributed by atoms with Crippen LogP contribution in [0.3, 0.4) is 0 Å². The molecule has 2 aromatic rings. The Morgan fingerprint density at radius 3 is 2.56 bits per heavy atom. The van der Waals surface area contributed by atoms with Crippen molar-refractivity contribution in [1.82, 2.24) is 4.90 Å². The minimum atomic E-state index is -4.03. The zero-order chi connectivity index (χ0) is 18.0. The topological polar surface area (TPSA) is 66.8 Å². The number of sulfonamides is 1. The first-order chi connectivity index (χ1) is 11.9. The Morgan fingerprint density at radius 2 is 1.96 bits per heavy atom. The maximum atomic E-state index is 13.0. The number of carbonyl (C=O) groups excluding carboxylic acids is 1. The SMILES string of the molecule is CCN1C(=O)/C(=C/c2cccs2)S/C1=N/S(=O)(=O)c1ccc(F)cc1. The number of hydrogen-bond acceptors (Lipinski definition) is 5. The number of thioether (sulfide) groups is 1. The summed E-state index contributed by atoms with van der Waals surface area (Å²) in [6, 6.07) is 8.14. The van der Waals surface area contributed by atoms with Crippen molar-refractivity contribution < 1.29 is 17.6 Å². The Balaban J connectivity index is 1.96. The fourth-order valence-corrected chi connectivity index (χ4v) is 5.09. The van der Waals surface area contributed by atoms with Crippen LogP contribution in [0.5, 0.6) is 0 Å². The van der Waals surface area contributed by atoms with E-state index in [1.807, 2.05) is 17.5 Å². The van der Waals surface area contributed by atoms with Crippen molar-refractivity contribution in [2.24, 2.45) is 4.40 Å². The molecule has 0 bridgehead atoms. The van der Waals surface area contributed by atoms with Gasteiger partial charge in [-0.05, 0) is 60.5 Å². The molecule has 2 heterocycles. The maximum absolute atomic E-state index is 13.0. The summed E-state index contributed by atoms with van der Waals surface area (Å²) >= 11 is 2.49. The van der Waals surface area contributed by atoms with Gasteiger partial charge in [-0.15, -0.1) is 15.7 Å². The summed E-state index contributed by atoms with van der Waals surface area (Å²) in [7, 11) is -4.03. The predicted octanol–water partition coefficient (Wildman–Crippen LogP) is 3.57. The lowest BCUT2D eigenvalue weighted by Crippen LogP contribution is -2.29. The Hall–Kier alpha value is -1.97. The fraction of sp³-hybridized carbons (Fsp3) is 0.125. The number of amidine groups is 1. The fourth-order valence-electron chi connectivity index (χ4n) is 2.12. The molecule has 3 rings (SSSR count). The van der Waals surface area contributed by atoms with Crippen LogP contribution in [0.1, 0.15) is 11.8 Å². The highest BCUT2D eigenvalue weighted by Crippen LogP contribution is 2.34. The van der Waals surface area contributed by atoms with E-state index in [2.05, 4.69) is 4.40 Å². The molecule has 0 radical (unpaired) electrons. The molecule has 0 saturated carbocycles. The van der Waals surface area contributed by atoms with Crippen molar-refractivity contribution in [2.75, 3.05) is 6.54 Å². The van der Waals surface area contributed by atoms with E-state index in [1.54, 1.807) is 13.0 Å². The lowest BCUT2D eigenvalue weighted by Gasteiger charge is -2.11. The molecule has 0 aliphatic carbocycles. The molecule has 130 valence electrons. The number of carbonyl (C=O) groups is 1. The molecule has 0 N–H and O–H groups in total. The second-order valence-corrected chi connectivity index (χ2v) is 8.57. The van der Waals surface area contributed by atoms with Crippen LogP contribution < -0.4 is 0 Å². The van der Waals surface area contributed by atoms with E-state index < -0.39 is 15.8 Å². The third-order valence-corrected chi connectivity index (χ3v) is 6.55. The second kappa shape index (κ2) is 7.11. The number of hydrogen-bond donors (Lipinski definition) is 0. The van der Waals surface area contributed by atoms with Gasteiger partial charge in [0.2, 0.25) is 0 Å². The molecule has 0 unspecified atom stereocenters. The lowest BCUT2D eigenvalue weighted by atomic mass is 10.4. The number of thiophene rings is 1. The highest BCUT2D eigenvalue weighted by molar-refractivity contribution is 8.19. The van der Waals surface area contributed by atoms with Crippen molar-refractivity contribution in [3.63, 3.8) is 0 Å². The summed E-state index contributed by atoms with van der Waals surface area (Å²) in [4.78, 5) is 15.0. The van der Waals surface area contributed by atoms with Gasteiger partial charge in [-0.25, -0.2) is 4.39 Å². The van der Waals surface area contributed by atoms with Gasteiger partial charge in [0, 0.05) is 11.4 Å². The molecule has 1 aromatic heterocycles. The van der Waals surface area contributed by atoms with Crippen LogP contribution in [-0.2, 0) is 14.8 Å². The molecule has 1 saturated heterocycles. The molecule has 1 aliphatic rings. The van der Waals surface area contributed by atoms with Gasteiger partial charge in [-0.2, -0.15) is 8.42 Å². The molecule has 1 fully saturated rings. The van der Waals surface area contributed by atoms with Gasteiger partial charge in [0.25, 0.3) is 15.9 Å². The third-order valence-electron chi connectivity index (χ3n) is 3.33. The van der Waals surface area contributed by atoms with Crippen LogP contribution in [-0.4, -0.2) is 30.9 Å². The van der Waals surface area contributed by atoms with Gasteiger partial charge < -0.3 is 0 Å². The van der Waals surface area contributed by atoms with Crippen LogP contribution in [0.15, 0.2) is 56.0 Å². The van der Waals surface area contributed by atoms with E-state index in [0.29, 0.717) is 11.4 Å². The molecule has 0 atom stereocenters. The van der Waals surface area contributed by atoms with E-state index in [4.69, 9.17) is 0 Å². The maximum Gasteiger partial charge on any atom is 0.284 e. The number of halogens is 1. The summed E-state index contributed by atoms with van der Waals surface area (Å²) in [5.41, 5.74) is 0. The van der Waals surface area contributed by atoms with E-state index >= 15 is 0 Å². The summed E-state index contributed by atoms with van der Waals surface area (Å²) in [5, 5.41) is 1.99. The minimum absolute atomic E-state index is 0.0969. The van der Waals surface area contributed by atoms with Crippen LogP contribution in [0, 0.1) is 5.82 Å².